The number of aromatic amines is 1. The number of hydrogen-bond acceptors (Lipinski definition) is 24. The van der Waals surface area contributed by atoms with Crippen LogP contribution in [0.4, 0.5) is 0 Å². The number of thioether (sulfide) groups is 1. The molecule has 22 N–H and O–H groups in total. The van der Waals surface area contributed by atoms with Crippen LogP contribution in [0.1, 0.15) is 161 Å². The smallest absolute Gasteiger partial charge is 0.323 e. The van der Waals surface area contributed by atoms with Gasteiger partial charge in [0.2, 0.25) is 100 Å². The van der Waals surface area contributed by atoms with Crippen molar-refractivity contribution in [1.82, 2.24) is 87.2 Å². The Morgan fingerprint density at radius 2 is 1.18 bits per heavy atom. The molecule has 2 aromatic heterocycles. The van der Waals surface area contributed by atoms with Crippen LogP contribution in [0.2, 0.25) is 0 Å². The average Bonchev–Trinajstić information content (AvgIpc) is 1.55. The van der Waals surface area contributed by atoms with Crippen LogP contribution in [0.25, 0.3) is 21.8 Å². The number of para-hydroxylation sites is 2. The van der Waals surface area contributed by atoms with E-state index in [9.17, 15) is 68.1 Å². The number of H-pyrrole nitrogens is 1. The van der Waals surface area contributed by atoms with Crippen molar-refractivity contribution >= 4 is 146 Å². The molecule has 8 rings (SSSR count). The number of nitrogens with zero attached hydrogens (tertiary/aromatic N) is 6. The number of ketones is 1. The van der Waals surface area contributed by atoms with Crippen LogP contribution in [0.15, 0.2) is 85.2 Å². The van der Waals surface area contributed by atoms with Crippen molar-refractivity contribution in [1.29, 1.82) is 0 Å². The van der Waals surface area contributed by atoms with Crippen molar-refractivity contribution in [3.8, 4) is 18.1 Å². The summed E-state index contributed by atoms with van der Waals surface area (Å²) in [6.07, 6.45) is 5.40. The fourth-order valence-electron chi connectivity index (χ4n) is 17.7. The van der Waals surface area contributed by atoms with Crippen molar-refractivity contribution < 1.29 is 106 Å². The van der Waals surface area contributed by atoms with E-state index in [0.29, 0.717) is 64.2 Å². The molecule has 3 aromatic carbocycles. The van der Waals surface area contributed by atoms with Gasteiger partial charge in [-0.2, -0.15) is 0 Å². The number of phenols is 1. The van der Waals surface area contributed by atoms with E-state index in [4.69, 9.17) is 29.4 Å². The number of carboxylic acids is 1. The van der Waals surface area contributed by atoms with Gasteiger partial charge in [-0.25, -0.2) is 0 Å². The summed E-state index contributed by atoms with van der Waals surface area (Å²) in [6.45, 7) is 9.09. The molecule has 768 valence electrons. The Morgan fingerprint density at radius 1 is 0.603 bits per heavy atom. The molecular weight excluding hydrogens is 1840 g/mol. The first-order chi connectivity index (χ1) is 66.9. The number of carbonyl (C=O) groups is 19. The summed E-state index contributed by atoms with van der Waals surface area (Å²) in [5.74, 6) is -19.1. The minimum atomic E-state index is -1.79. The molecule has 16 atom stereocenters. The summed E-state index contributed by atoms with van der Waals surface area (Å²) in [7, 11) is 3.88. The maximum atomic E-state index is 16.0. The average molecular weight is 1980 g/mol. The first-order valence-electron chi connectivity index (χ1n) is 47.6. The molecule has 0 radical (unpaired) electrons. The Balaban J connectivity index is 1.22. The summed E-state index contributed by atoms with van der Waals surface area (Å²) in [5.41, 5.74) is 26.1. The third-order valence-electron chi connectivity index (χ3n) is 25.4. The van der Waals surface area contributed by atoms with E-state index >= 15 is 38.4 Å². The second kappa shape index (κ2) is 53.7. The topological polar surface area (TPSA) is 646 Å². The van der Waals surface area contributed by atoms with Gasteiger partial charge in [-0.1, -0.05) is 116 Å². The number of aromatic nitrogens is 2. The van der Waals surface area contributed by atoms with Gasteiger partial charge in [0.25, 0.3) is 0 Å². The molecule has 0 saturated carbocycles. The number of rotatable bonds is 29. The Labute approximate surface area is 822 Å². The summed E-state index contributed by atoms with van der Waals surface area (Å²) in [4.78, 5) is 286. The highest BCUT2D eigenvalue weighted by molar-refractivity contribution is 8.00. The number of likely N-dealkylation sites (N-methyl/N-ethyl adjacent to an activating group) is 3. The second-order valence-electron chi connectivity index (χ2n) is 37.1. The van der Waals surface area contributed by atoms with Crippen LogP contribution >= 0.6 is 11.8 Å². The van der Waals surface area contributed by atoms with E-state index in [1.54, 1.807) is 82.4 Å². The maximum absolute atomic E-state index is 16.0. The number of aromatic hydroxyl groups is 1. The Bertz CT molecular complexity index is 5370. The van der Waals surface area contributed by atoms with Crippen molar-refractivity contribution in [2.75, 3.05) is 65.4 Å². The van der Waals surface area contributed by atoms with Crippen molar-refractivity contribution in [2.24, 2.45) is 40.7 Å². The number of amides is 17. The number of carboxylic acid groups (broad SMARTS) is 1. The third kappa shape index (κ3) is 31.7. The molecule has 0 bridgehead atoms. The van der Waals surface area contributed by atoms with Crippen LogP contribution < -0.4 is 76.1 Å². The number of aliphatic hydroxyl groups is 1. The molecule has 3 aliphatic heterocycles. The molecular formula is C97H137N21O22S. The fourth-order valence-corrected chi connectivity index (χ4v) is 18.5. The number of nitrogens with one attached hydrogen (secondary N) is 11. The number of aliphatic hydroxyl groups excluding tert-OH is 1. The molecule has 3 saturated heterocycles. The summed E-state index contributed by atoms with van der Waals surface area (Å²) in [5, 5.41) is 59.3. The number of terminal acetylenes is 1. The number of primary amides is 2. The SMILES string of the molecule is C#CC[C@H](NC(=O)CNC(=O)[C@@H]1CSCC(=O)N[C@@H](Cc2ccc(O)cc2)C(=O)N(C)[C@@H](C)C(=O)N[C@@H](CC(N)=O)C(=O)N2CCC[C@H]2C(=O)N[C@@H](CN)C(=O)N[C@@H](CC(C)C)C(=O)N2C[C@H](O)C[C@H]2C(=O)C[C@@H](Cc2c[nH]c3ccccc23)C(=O)N[C@@H](CCN)C(=O)N[C@@H](Cc2cn(CC(=O)O)c3ccccc23)C(=O)N(C)[C@@H](CCCC)C(=O)N(C)[C@@H](CCCC)C(=O)N[C@@H](CC(C)C)C(=O)N1)C(N)=O. The molecule has 5 heterocycles. The standard InChI is InChI=1S/C97H137N21O22S/c1-12-15-26-75-91(134)107-67(37-53(4)5)89(132)112-73(87(130)103-47-81(123)104-65(22-14-3)84(101)127)51-141-52-82(124)105-69(39-56-30-32-60(119)33-31-56)93(136)113(9)55(8)85(128)108-71(44-80(100)122)95(138)117-36-21-29-76(117)92(135)111-72(45-99)90(133)109-68(38-54(6)7)96(139)118-49-61(120)43-78(118)79(121)42-57(40-58-46-102-64-25-19-17-23-62(58)64)86(129)106-66(34-35-98)88(131)110-70(94(137)115(11)77(27-16-13-2)97(140)114(75)10)41-59-48-116(50-83(125)126)74-28-20-18-24-63(59)74/h3,17-20,23-25,28,30-33,46,48,53-55,57,61,65-73,75-78,102,119-120H,12-13,15-16,21-22,26-27,29,34-45,47,49-52,98-99H2,1-2,4-11H3,(H2,100,122)(H2,101,127)(H,103,130)(H,104,123)(H,105,124)(H,106,129)(H,107,134)(H,108,128)(H,109,133)(H,110,131)(H,111,135)(H,112,132)(H,125,126)/t55-,57+,61+,65-,66-,67-,68-,69-,70-,71-,72-,73-,75-,76-,77-,78-/m0/s1. The predicted molar refractivity (Wildman–Crippen MR) is 521 cm³/mol. The van der Waals surface area contributed by atoms with Crippen molar-refractivity contribution in [2.45, 2.75) is 261 Å². The van der Waals surface area contributed by atoms with Crippen molar-refractivity contribution in [3.05, 3.63) is 102 Å². The highest BCUT2D eigenvalue weighted by Gasteiger charge is 2.47. The van der Waals surface area contributed by atoms with Gasteiger partial charge in [0, 0.05) is 119 Å². The van der Waals surface area contributed by atoms with Gasteiger partial charge in [0.05, 0.1) is 30.9 Å². The molecule has 0 spiro atoms. The number of benzene rings is 3. The van der Waals surface area contributed by atoms with E-state index in [-0.39, 0.29) is 102 Å². The largest absolute Gasteiger partial charge is 0.508 e. The number of phenolic OH excluding ortho intramolecular Hbond substituents is 1. The molecule has 141 heavy (non-hydrogen) atoms. The fraction of sp³-hybridized carbons (Fsp3) is 0.557. The van der Waals surface area contributed by atoms with E-state index in [0.717, 1.165) is 36.3 Å². The molecule has 17 amide bonds. The van der Waals surface area contributed by atoms with Crippen molar-refractivity contribution in [3.63, 3.8) is 0 Å². The number of carbonyl (C=O) groups excluding carboxylic acids is 18. The van der Waals surface area contributed by atoms with Crippen LogP contribution in [0, 0.1) is 30.1 Å². The molecule has 5 aromatic rings. The van der Waals surface area contributed by atoms with Gasteiger partial charge in [0.15, 0.2) is 5.78 Å². The molecule has 44 heteroatoms. The van der Waals surface area contributed by atoms with E-state index in [1.807, 2.05) is 13.8 Å². The lowest BCUT2D eigenvalue weighted by atomic mass is 9.90. The first kappa shape index (κ1) is 113. The number of fused-ring (bicyclic) bond motifs is 4. The normalized spacial score (nSPS) is 24.5. The minimum absolute atomic E-state index is 0.0257. The van der Waals surface area contributed by atoms with Gasteiger partial charge in [-0.05, 0) is 118 Å². The monoisotopic (exact) mass is 1980 g/mol. The van der Waals surface area contributed by atoms with E-state index in [2.05, 4.69) is 64.1 Å². The number of hydrogen-bond donors (Lipinski definition) is 18. The zero-order valence-electron chi connectivity index (χ0n) is 81.4. The predicted octanol–water partition coefficient (Wildman–Crippen LogP) is -1.64. The van der Waals surface area contributed by atoms with Gasteiger partial charge >= 0.3 is 5.97 Å². The van der Waals surface area contributed by atoms with Crippen LogP contribution in [-0.4, -0.2) is 318 Å². The van der Waals surface area contributed by atoms with E-state index in [1.165, 1.54) is 63.1 Å². The quantitative estimate of drug-likeness (QED) is 0.0239. The van der Waals surface area contributed by atoms with E-state index < -0.39 is 265 Å². The lowest BCUT2D eigenvalue weighted by molar-refractivity contribution is -0.149. The number of unbranched alkanes of at least 4 members (excludes halogenated alkanes) is 2. The molecule has 0 aliphatic carbocycles. The molecule has 0 unspecified atom stereocenters. The highest BCUT2D eigenvalue weighted by atomic mass is 32.2. The highest BCUT2D eigenvalue weighted by Crippen LogP contribution is 2.31. The Kier molecular flexibility index (Phi) is 43.0. The van der Waals surface area contributed by atoms with Gasteiger partial charge in [-0.15, -0.1) is 24.1 Å². The zero-order chi connectivity index (χ0) is 104. The van der Waals surface area contributed by atoms with Crippen LogP contribution in [0.5, 0.6) is 5.75 Å². The van der Waals surface area contributed by atoms with Gasteiger partial charge < -0.3 is 125 Å². The van der Waals surface area contributed by atoms with Gasteiger partial charge in [0.1, 0.15) is 90.8 Å². The molecule has 43 nitrogen and oxygen atoms in total. The number of nitrogens with two attached hydrogens (primary N) is 4. The number of Topliss-reactive ketones (excluding diaryl/α,β-unsaturated/α-hetero) is 1. The minimum Gasteiger partial charge on any atom is -0.508 e. The summed E-state index contributed by atoms with van der Waals surface area (Å²) >= 11 is 0.741. The summed E-state index contributed by atoms with van der Waals surface area (Å²) < 4.78 is 1.44. The van der Waals surface area contributed by atoms with Gasteiger partial charge in [-0.3, -0.25) is 91.1 Å². The number of aliphatic carboxylic acids is 1. The zero-order valence-corrected chi connectivity index (χ0v) is 82.3. The molecule has 3 aliphatic rings. The van der Waals surface area contributed by atoms with Crippen LogP contribution in [0.3, 0.4) is 0 Å². The first-order valence-corrected chi connectivity index (χ1v) is 48.8. The maximum Gasteiger partial charge on any atom is 0.323 e. The lowest BCUT2D eigenvalue weighted by Crippen LogP contribution is -2.61. The second-order valence-corrected chi connectivity index (χ2v) is 38.1. The lowest BCUT2D eigenvalue weighted by Gasteiger charge is -2.36. The Hall–Kier alpha value is -13.5. The molecule has 3 fully saturated rings. The third-order valence-corrected chi connectivity index (χ3v) is 26.4. The Morgan fingerprint density at radius 3 is 1.82 bits per heavy atom. The van der Waals surface area contributed by atoms with Crippen LogP contribution in [-0.2, 0) is 117 Å². The summed E-state index contributed by atoms with van der Waals surface area (Å²) in [6, 6.07) is -2.10.